The molecule has 0 aliphatic rings. The third kappa shape index (κ3) is 4.66. The van der Waals surface area contributed by atoms with Crippen molar-refractivity contribution in [2.75, 3.05) is 7.11 Å². The molecule has 0 unspecified atom stereocenters. The zero-order valence-corrected chi connectivity index (χ0v) is 22.4. The van der Waals surface area contributed by atoms with Crippen molar-refractivity contribution in [1.82, 2.24) is 0 Å². The Balaban J connectivity index is 3.01. The maximum absolute atomic E-state index is 6.53. The van der Waals surface area contributed by atoms with Gasteiger partial charge in [0, 0.05) is 0 Å². The summed E-state index contributed by atoms with van der Waals surface area (Å²) in [4.78, 5) is 0. The first-order valence-corrected chi connectivity index (χ1v) is 21.2. The summed E-state index contributed by atoms with van der Waals surface area (Å²) in [5, 5.41) is 0. The van der Waals surface area contributed by atoms with Crippen molar-refractivity contribution >= 4 is 40.0 Å². The summed E-state index contributed by atoms with van der Waals surface area (Å²) in [6.07, 6.45) is 0. The van der Waals surface area contributed by atoms with Gasteiger partial charge in [-0.2, -0.15) is 0 Å². The van der Waals surface area contributed by atoms with Crippen LogP contribution in [0.1, 0.15) is 5.56 Å². The molecule has 136 valence electrons. The molecule has 6 heteroatoms. The van der Waals surface area contributed by atoms with E-state index in [4.69, 9.17) is 8.50 Å². The fourth-order valence-corrected chi connectivity index (χ4v) is 40.6. The van der Waals surface area contributed by atoms with Crippen molar-refractivity contribution in [2.45, 2.75) is 68.6 Å². The number of rotatable bonds is 8. The van der Waals surface area contributed by atoms with Crippen LogP contribution in [0.2, 0.25) is 62.0 Å². The predicted octanol–water partition coefficient (Wildman–Crippen LogP) is 5.62. The Morgan fingerprint density at radius 2 is 1.21 bits per heavy atom. The Hall–Kier alpha value is 0.174. The summed E-state index contributed by atoms with van der Waals surface area (Å²) in [5.74, 6) is 0.912. The molecule has 0 amide bonds. The summed E-state index contributed by atoms with van der Waals surface area (Å²) in [5.41, 5.74) is 1.26. The van der Waals surface area contributed by atoms with Gasteiger partial charge >= 0.3 is 160 Å². The van der Waals surface area contributed by atoms with E-state index in [0.717, 1.165) is 12.4 Å². The van der Waals surface area contributed by atoms with Gasteiger partial charge in [0.25, 0.3) is 0 Å². The van der Waals surface area contributed by atoms with Gasteiger partial charge in [-0.3, -0.25) is 0 Å². The van der Waals surface area contributed by atoms with E-state index in [-0.39, 0.29) is 0 Å². The molecule has 0 aromatic heterocycles. The predicted molar refractivity (Wildman–Crippen MR) is 116 cm³/mol. The molecular weight excluding hydrogens is 405 g/mol. The van der Waals surface area contributed by atoms with Gasteiger partial charge in [-0.1, -0.05) is 0 Å². The van der Waals surface area contributed by atoms with E-state index in [1.807, 2.05) is 12.1 Å². The van der Waals surface area contributed by atoms with Crippen molar-refractivity contribution in [1.29, 1.82) is 0 Å². The first kappa shape index (κ1) is 22.2. The van der Waals surface area contributed by atoms with Gasteiger partial charge in [-0.15, -0.1) is 0 Å². The average Bonchev–Trinajstić information content (AvgIpc) is 2.39. The Kier molecular flexibility index (Phi) is 7.24. The Morgan fingerprint density at radius 1 is 0.792 bits per heavy atom. The zero-order valence-electron chi connectivity index (χ0n) is 17.3. The summed E-state index contributed by atoms with van der Waals surface area (Å²) in [6, 6.07) is 8.32. The fourth-order valence-electron chi connectivity index (χ4n) is 4.78. The fraction of sp³-hybridized carbons (Fsp3) is 0.667. The Morgan fingerprint density at radius 3 is 1.54 bits per heavy atom. The molecule has 0 bridgehead atoms. The minimum atomic E-state index is -1.33. The molecule has 1 aromatic carbocycles. The van der Waals surface area contributed by atoms with Gasteiger partial charge in [-0.25, -0.2) is 0 Å². The summed E-state index contributed by atoms with van der Waals surface area (Å²) < 4.78 is 12.4. The molecule has 0 spiro atoms. The second-order valence-corrected chi connectivity index (χ2v) is 32.7. The van der Waals surface area contributed by atoms with E-state index in [1.54, 1.807) is 7.11 Å². The molecule has 0 saturated heterocycles. The van der Waals surface area contributed by atoms with Gasteiger partial charge < -0.3 is 0 Å². The van der Waals surface area contributed by atoms with Crippen LogP contribution in [-0.4, -0.2) is 47.1 Å². The Bertz CT molecular complexity index is 489. The molecule has 24 heavy (non-hydrogen) atoms. The van der Waals surface area contributed by atoms with Crippen LogP contribution in [0, 0.1) is 0 Å². The monoisotopic (exact) mass is 442 g/mol. The molecule has 2 radical (unpaired) electrons. The molecule has 0 aliphatic carbocycles. The minimum absolute atomic E-state index is 0.446. The van der Waals surface area contributed by atoms with Crippen molar-refractivity contribution in [3.63, 3.8) is 0 Å². The molecule has 0 aliphatic heterocycles. The number of methoxy groups -OCH3 is 1. The zero-order chi connectivity index (χ0) is 18.8. The molecule has 1 rings (SSSR count). The van der Waals surface area contributed by atoms with E-state index >= 15 is 0 Å². The number of benzene rings is 1. The average molecular weight is 441 g/mol. The molecule has 0 saturated carbocycles. The second-order valence-electron chi connectivity index (χ2n) is 9.74. The van der Waals surface area contributed by atoms with E-state index in [0.29, 0.717) is 3.12 Å². The quantitative estimate of drug-likeness (QED) is 0.488. The van der Waals surface area contributed by atoms with Crippen LogP contribution in [0.25, 0.3) is 0 Å². The first-order chi connectivity index (χ1) is 10.8. The van der Waals surface area contributed by atoms with Crippen LogP contribution < -0.4 is 4.74 Å². The third-order valence-corrected chi connectivity index (χ3v) is 42.2. The maximum atomic E-state index is 6.53. The van der Waals surface area contributed by atoms with E-state index in [2.05, 4.69) is 71.1 Å². The van der Waals surface area contributed by atoms with Gasteiger partial charge in [-0.05, 0) is 0 Å². The standard InChI is InChI=1S/C18H36GeO2Si3/c1-20-17-13-11-16(12-14-17)15-21-19-18(22(2,3)4,23(5,6)7)24(8,9)10/h11-14H,15H2,1-10H3. The molecule has 0 fully saturated rings. The van der Waals surface area contributed by atoms with Crippen molar-refractivity contribution in [3.8, 4) is 5.75 Å². The number of ether oxygens (including phenoxy) is 1. The van der Waals surface area contributed by atoms with E-state index < -0.39 is 40.0 Å². The molecular formula is C18H36GeO2Si3. The third-order valence-electron chi connectivity index (χ3n) is 5.00. The molecule has 1 aromatic rings. The normalized spacial score (nSPS) is 13.9. The van der Waals surface area contributed by atoms with Crippen LogP contribution in [0.15, 0.2) is 24.3 Å². The van der Waals surface area contributed by atoms with Gasteiger partial charge in [0.2, 0.25) is 0 Å². The molecule has 2 nitrogen and oxygen atoms in total. The van der Waals surface area contributed by atoms with Crippen LogP contribution in [0.4, 0.5) is 0 Å². The van der Waals surface area contributed by atoms with Gasteiger partial charge in [0.05, 0.1) is 0 Å². The van der Waals surface area contributed by atoms with Gasteiger partial charge in [0.15, 0.2) is 0 Å². The first-order valence-electron chi connectivity index (χ1n) is 8.78. The van der Waals surface area contributed by atoms with E-state index in [9.17, 15) is 0 Å². The molecule has 0 heterocycles. The van der Waals surface area contributed by atoms with Crippen LogP contribution >= 0.6 is 0 Å². The van der Waals surface area contributed by atoms with Crippen LogP contribution in [0.5, 0.6) is 5.75 Å². The summed E-state index contributed by atoms with van der Waals surface area (Å²) in [6.45, 7) is 24.0. The van der Waals surface area contributed by atoms with Crippen LogP contribution in [0.3, 0.4) is 0 Å². The van der Waals surface area contributed by atoms with Crippen molar-refractivity contribution in [2.24, 2.45) is 0 Å². The topological polar surface area (TPSA) is 18.5 Å². The molecule has 0 atom stereocenters. The molecule has 0 N–H and O–H groups in total. The number of hydrogen-bond donors (Lipinski definition) is 0. The summed E-state index contributed by atoms with van der Waals surface area (Å²) >= 11 is -0.446. The SMILES string of the molecule is COc1ccc(C[O][Ge][C]([Si](C)(C)C)([Si](C)(C)C)[Si](C)(C)C)cc1. The van der Waals surface area contributed by atoms with Crippen LogP contribution in [-0.2, 0) is 10.4 Å². The van der Waals surface area contributed by atoms with Crippen molar-refractivity contribution < 1.29 is 8.50 Å². The number of hydrogen-bond acceptors (Lipinski definition) is 2. The van der Waals surface area contributed by atoms with Crippen molar-refractivity contribution in [3.05, 3.63) is 29.8 Å². The Labute approximate surface area is 159 Å². The van der Waals surface area contributed by atoms with Gasteiger partial charge in [0.1, 0.15) is 0 Å². The van der Waals surface area contributed by atoms with E-state index in [1.165, 1.54) is 5.56 Å². The summed E-state index contributed by atoms with van der Waals surface area (Å²) in [7, 11) is -2.27. The second kappa shape index (κ2) is 7.82.